The summed E-state index contributed by atoms with van der Waals surface area (Å²) in [5, 5.41) is 20.6. The molecule has 25 heavy (non-hydrogen) atoms. The number of likely N-dealkylation sites (tertiary alicyclic amines) is 1. The molecule has 0 aliphatic carbocycles. The number of hydrogen-bond acceptors (Lipinski definition) is 7. The molecule has 2 fully saturated rings. The first-order valence-electron chi connectivity index (χ1n) is 9.14. The lowest BCUT2D eigenvalue weighted by molar-refractivity contribution is -0.135. The average Bonchev–Trinajstić information content (AvgIpc) is 3.15. The van der Waals surface area contributed by atoms with Gasteiger partial charge in [-0.05, 0) is 35.1 Å². The van der Waals surface area contributed by atoms with E-state index in [-0.39, 0.29) is 18.4 Å². The van der Waals surface area contributed by atoms with E-state index < -0.39 is 0 Å². The molecular formula is C16H28N6O3. The number of ether oxygens (including phenoxy) is 1. The van der Waals surface area contributed by atoms with Crippen molar-refractivity contribution in [3.05, 3.63) is 6.33 Å². The lowest BCUT2D eigenvalue weighted by Gasteiger charge is -2.40. The Labute approximate surface area is 147 Å². The minimum Gasteiger partial charge on any atom is -0.396 e. The standard InChI is InChI=1S/C16H28N6O3/c23-12-15-8-14(9-20-4-6-25-7-5-20)10-21(11-15)16(24)2-1-3-22-13-17-18-19-22/h13-15,23H,1-12H2/t14-,15+/m1/s1. The number of amides is 1. The fraction of sp³-hybridized carbons (Fsp3) is 0.875. The van der Waals surface area contributed by atoms with Gasteiger partial charge in [-0.1, -0.05) is 0 Å². The van der Waals surface area contributed by atoms with E-state index in [1.54, 1.807) is 11.0 Å². The highest BCUT2D eigenvalue weighted by atomic mass is 16.5. The average molecular weight is 352 g/mol. The van der Waals surface area contributed by atoms with Crippen LogP contribution in [-0.4, -0.2) is 93.6 Å². The maximum absolute atomic E-state index is 12.6. The molecule has 9 heteroatoms. The Bertz CT molecular complexity index is 520. The molecule has 0 unspecified atom stereocenters. The highest BCUT2D eigenvalue weighted by molar-refractivity contribution is 5.76. The van der Waals surface area contributed by atoms with Crippen LogP contribution in [0, 0.1) is 11.8 Å². The SMILES string of the molecule is O=C(CCCn1cnnn1)N1C[C@@H](CN2CCOCC2)C[C@H](CO)C1. The van der Waals surface area contributed by atoms with Crippen molar-refractivity contribution in [3.8, 4) is 0 Å². The zero-order valence-corrected chi connectivity index (χ0v) is 14.7. The summed E-state index contributed by atoms with van der Waals surface area (Å²) in [7, 11) is 0. The van der Waals surface area contributed by atoms with E-state index in [0.29, 0.717) is 25.4 Å². The molecule has 2 aliphatic rings. The molecule has 2 atom stereocenters. The van der Waals surface area contributed by atoms with Gasteiger partial charge in [0.25, 0.3) is 0 Å². The number of aromatic nitrogens is 4. The Hall–Kier alpha value is -1.58. The minimum absolute atomic E-state index is 0.147. The van der Waals surface area contributed by atoms with Crippen LogP contribution in [0.4, 0.5) is 0 Å². The number of tetrazole rings is 1. The number of hydrogen-bond donors (Lipinski definition) is 1. The lowest BCUT2D eigenvalue weighted by Crippen LogP contribution is -2.49. The monoisotopic (exact) mass is 352 g/mol. The van der Waals surface area contributed by atoms with E-state index in [1.807, 2.05) is 4.90 Å². The largest absolute Gasteiger partial charge is 0.396 e. The summed E-state index contributed by atoms with van der Waals surface area (Å²) < 4.78 is 7.04. The molecular weight excluding hydrogens is 324 g/mol. The van der Waals surface area contributed by atoms with Gasteiger partial charge < -0.3 is 14.7 Å². The summed E-state index contributed by atoms with van der Waals surface area (Å²) in [6, 6.07) is 0. The number of aliphatic hydroxyl groups is 1. The number of nitrogens with zero attached hydrogens (tertiary/aromatic N) is 6. The number of carbonyl (C=O) groups is 1. The van der Waals surface area contributed by atoms with Gasteiger partial charge in [0.05, 0.1) is 13.2 Å². The van der Waals surface area contributed by atoms with Crippen LogP contribution in [0.5, 0.6) is 0 Å². The van der Waals surface area contributed by atoms with Crippen LogP contribution in [0.1, 0.15) is 19.3 Å². The molecule has 0 radical (unpaired) electrons. The summed E-state index contributed by atoms with van der Waals surface area (Å²) in [6.07, 6.45) is 3.76. The second-order valence-electron chi connectivity index (χ2n) is 7.04. The molecule has 1 N–H and O–H groups in total. The maximum atomic E-state index is 12.6. The molecule has 0 aromatic carbocycles. The number of aryl methyl sites for hydroxylation is 1. The number of rotatable bonds is 7. The fourth-order valence-corrected chi connectivity index (χ4v) is 3.77. The van der Waals surface area contributed by atoms with Gasteiger partial charge in [0, 0.05) is 52.3 Å². The van der Waals surface area contributed by atoms with Crippen molar-refractivity contribution in [3.63, 3.8) is 0 Å². The second kappa shape index (κ2) is 9.21. The molecule has 140 valence electrons. The van der Waals surface area contributed by atoms with Crippen molar-refractivity contribution in [2.24, 2.45) is 11.8 Å². The van der Waals surface area contributed by atoms with E-state index in [0.717, 1.165) is 52.2 Å². The number of carbonyl (C=O) groups excluding carboxylic acids is 1. The first-order valence-corrected chi connectivity index (χ1v) is 9.14. The quantitative estimate of drug-likeness (QED) is 0.689. The van der Waals surface area contributed by atoms with Crippen LogP contribution in [0.2, 0.25) is 0 Å². The van der Waals surface area contributed by atoms with Crippen molar-refractivity contribution in [1.82, 2.24) is 30.0 Å². The minimum atomic E-state index is 0.147. The molecule has 0 spiro atoms. The predicted octanol–water partition coefficient (Wildman–Crippen LogP) is -0.757. The Morgan fingerprint density at radius 1 is 1.24 bits per heavy atom. The zero-order valence-electron chi connectivity index (χ0n) is 14.7. The van der Waals surface area contributed by atoms with Crippen LogP contribution >= 0.6 is 0 Å². The lowest BCUT2D eigenvalue weighted by atomic mass is 9.89. The van der Waals surface area contributed by atoms with Crippen LogP contribution in [0.3, 0.4) is 0 Å². The first-order chi connectivity index (χ1) is 12.2. The normalized spacial score (nSPS) is 25.2. The van der Waals surface area contributed by atoms with Crippen LogP contribution in [-0.2, 0) is 16.1 Å². The van der Waals surface area contributed by atoms with Crippen LogP contribution in [0.25, 0.3) is 0 Å². The summed E-state index contributed by atoms with van der Waals surface area (Å²) in [5.74, 6) is 0.772. The molecule has 2 aliphatic heterocycles. The maximum Gasteiger partial charge on any atom is 0.222 e. The third-order valence-corrected chi connectivity index (χ3v) is 5.02. The topological polar surface area (TPSA) is 96.6 Å². The van der Waals surface area contributed by atoms with E-state index >= 15 is 0 Å². The summed E-state index contributed by atoms with van der Waals surface area (Å²) in [5.41, 5.74) is 0. The van der Waals surface area contributed by atoms with Crippen molar-refractivity contribution >= 4 is 5.91 Å². The smallest absolute Gasteiger partial charge is 0.222 e. The van der Waals surface area contributed by atoms with Crippen molar-refractivity contribution in [2.45, 2.75) is 25.8 Å². The molecule has 0 saturated carbocycles. The van der Waals surface area contributed by atoms with Crippen molar-refractivity contribution in [2.75, 3.05) is 52.5 Å². The van der Waals surface area contributed by atoms with Gasteiger partial charge in [-0.25, -0.2) is 4.68 Å². The molecule has 3 rings (SSSR count). The predicted molar refractivity (Wildman–Crippen MR) is 89.6 cm³/mol. The molecule has 9 nitrogen and oxygen atoms in total. The number of piperidine rings is 1. The molecule has 1 amide bonds. The van der Waals surface area contributed by atoms with Gasteiger partial charge in [-0.2, -0.15) is 0 Å². The van der Waals surface area contributed by atoms with E-state index in [1.165, 1.54) is 0 Å². The van der Waals surface area contributed by atoms with Gasteiger partial charge >= 0.3 is 0 Å². The Kier molecular flexibility index (Phi) is 6.71. The van der Waals surface area contributed by atoms with E-state index in [9.17, 15) is 9.90 Å². The Balaban J connectivity index is 1.47. The number of aliphatic hydroxyl groups excluding tert-OH is 1. The third-order valence-electron chi connectivity index (χ3n) is 5.02. The van der Waals surface area contributed by atoms with E-state index in [2.05, 4.69) is 20.4 Å². The zero-order chi connectivity index (χ0) is 17.5. The van der Waals surface area contributed by atoms with Gasteiger partial charge in [-0.3, -0.25) is 9.69 Å². The van der Waals surface area contributed by atoms with Crippen molar-refractivity contribution in [1.29, 1.82) is 0 Å². The highest BCUT2D eigenvalue weighted by Crippen LogP contribution is 2.24. The van der Waals surface area contributed by atoms with Gasteiger partial charge in [0.2, 0.25) is 5.91 Å². The van der Waals surface area contributed by atoms with E-state index in [4.69, 9.17) is 4.74 Å². The molecule has 0 bridgehead atoms. The summed E-state index contributed by atoms with van der Waals surface area (Å²) in [4.78, 5) is 16.9. The fourth-order valence-electron chi connectivity index (χ4n) is 3.77. The molecule has 1 aromatic heterocycles. The van der Waals surface area contributed by atoms with Crippen LogP contribution in [0.15, 0.2) is 6.33 Å². The van der Waals surface area contributed by atoms with Gasteiger partial charge in [0.15, 0.2) is 0 Å². The summed E-state index contributed by atoms with van der Waals surface area (Å²) in [6.45, 7) is 6.72. The first kappa shape index (κ1) is 18.2. The third kappa shape index (κ3) is 5.45. The molecule has 3 heterocycles. The summed E-state index contributed by atoms with van der Waals surface area (Å²) >= 11 is 0. The van der Waals surface area contributed by atoms with Crippen molar-refractivity contribution < 1.29 is 14.6 Å². The van der Waals surface area contributed by atoms with Gasteiger partial charge in [0.1, 0.15) is 6.33 Å². The number of morpholine rings is 1. The second-order valence-corrected chi connectivity index (χ2v) is 7.04. The van der Waals surface area contributed by atoms with Crippen LogP contribution < -0.4 is 0 Å². The highest BCUT2D eigenvalue weighted by Gasteiger charge is 2.30. The molecule has 1 aromatic rings. The molecule has 2 saturated heterocycles. The Morgan fingerprint density at radius 2 is 2.04 bits per heavy atom. The van der Waals surface area contributed by atoms with Gasteiger partial charge in [-0.15, -0.1) is 5.10 Å². The Morgan fingerprint density at radius 3 is 2.76 bits per heavy atom.